The van der Waals surface area contributed by atoms with E-state index >= 15 is 0 Å². The van der Waals surface area contributed by atoms with Crippen LogP contribution in [0.3, 0.4) is 0 Å². The van der Waals surface area contributed by atoms with E-state index in [1.165, 1.54) is 24.0 Å². The molecular formula is C16H21BrO. The molecule has 1 aromatic rings. The SMILES string of the molecule is CC(C1CC1)C(Br)c1ccc2c(c1)CC(C)(C)O2. The summed E-state index contributed by atoms with van der Waals surface area (Å²) in [4.78, 5) is 0.485. The molecule has 1 saturated carbocycles. The Morgan fingerprint density at radius 1 is 1.33 bits per heavy atom. The Labute approximate surface area is 118 Å². The number of hydrogen-bond donors (Lipinski definition) is 0. The standard InChI is InChI=1S/C16H21BrO/c1-10(11-4-5-11)15(17)12-6-7-14-13(8-12)9-16(2,3)18-14/h6-8,10-11,15H,4-5,9H2,1-3H3. The minimum Gasteiger partial charge on any atom is -0.487 e. The molecule has 0 aromatic heterocycles. The van der Waals surface area contributed by atoms with Crippen molar-refractivity contribution < 1.29 is 4.74 Å². The van der Waals surface area contributed by atoms with E-state index in [9.17, 15) is 0 Å². The van der Waals surface area contributed by atoms with E-state index in [1.54, 1.807) is 0 Å². The number of rotatable bonds is 3. The molecule has 2 heteroatoms. The fourth-order valence-electron chi connectivity index (χ4n) is 2.97. The van der Waals surface area contributed by atoms with E-state index in [0.717, 1.165) is 24.0 Å². The van der Waals surface area contributed by atoms with Crippen LogP contribution < -0.4 is 4.74 Å². The second-order valence-electron chi connectivity index (χ2n) is 6.50. The summed E-state index contributed by atoms with van der Waals surface area (Å²) in [5.41, 5.74) is 2.74. The number of benzene rings is 1. The lowest BCUT2D eigenvalue weighted by molar-refractivity contribution is 0.138. The Bertz CT molecular complexity index is 462. The molecule has 98 valence electrons. The van der Waals surface area contributed by atoms with Crippen molar-refractivity contribution in [3.63, 3.8) is 0 Å². The van der Waals surface area contributed by atoms with Gasteiger partial charge in [-0.2, -0.15) is 0 Å². The van der Waals surface area contributed by atoms with Gasteiger partial charge >= 0.3 is 0 Å². The van der Waals surface area contributed by atoms with Gasteiger partial charge in [-0.1, -0.05) is 35.0 Å². The zero-order valence-corrected chi connectivity index (χ0v) is 13.0. The molecule has 0 amide bonds. The van der Waals surface area contributed by atoms with E-state index in [-0.39, 0.29) is 5.60 Å². The van der Waals surface area contributed by atoms with Crippen molar-refractivity contribution in [2.45, 2.75) is 50.5 Å². The molecule has 2 atom stereocenters. The Morgan fingerprint density at radius 2 is 2.06 bits per heavy atom. The largest absolute Gasteiger partial charge is 0.487 e. The van der Waals surface area contributed by atoms with Crippen LogP contribution in [0.5, 0.6) is 5.75 Å². The predicted octanol–water partition coefficient (Wildman–Crippen LogP) is 4.88. The van der Waals surface area contributed by atoms with Gasteiger partial charge in [0.2, 0.25) is 0 Å². The second kappa shape index (κ2) is 4.26. The molecule has 1 fully saturated rings. The lowest BCUT2D eigenvalue weighted by Crippen LogP contribution is -2.24. The molecule has 3 rings (SSSR count). The first-order valence-electron chi connectivity index (χ1n) is 6.92. The van der Waals surface area contributed by atoms with Crippen LogP contribution in [-0.4, -0.2) is 5.60 Å². The van der Waals surface area contributed by atoms with Gasteiger partial charge in [0.05, 0.1) is 0 Å². The zero-order valence-electron chi connectivity index (χ0n) is 11.4. The molecule has 18 heavy (non-hydrogen) atoms. The minimum absolute atomic E-state index is 0.0368. The highest BCUT2D eigenvalue weighted by Crippen LogP contribution is 2.47. The fraction of sp³-hybridized carbons (Fsp3) is 0.625. The first-order valence-corrected chi connectivity index (χ1v) is 7.84. The maximum Gasteiger partial charge on any atom is 0.123 e. The molecule has 0 radical (unpaired) electrons. The van der Waals surface area contributed by atoms with Gasteiger partial charge in [-0.25, -0.2) is 0 Å². The third kappa shape index (κ3) is 2.32. The van der Waals surface area contributed by atoms with E-state index in [0.29, 0.717) is 4.83 Å². The molecule has 0 N–H and O–H groups in total. The van der Waals surface area contributed by atoms with Crippen molar-refractivity contribution in [2.75, 3.05) is 0 Å². The Kier molecular flexibility index (Phi) is 2.97. The van der Waals surface area contributed by atoms with Crippen molar-refractivity contribution in [3.05, 3.63) is 29.3 Å². The zero-order chi connectivity index (χ0) is 12.9. The van der Waals surface area contributed by atoms with Crippen LogP contribution in [-0.2, 0) is 6.42 Å². The molecule has 0 saturated heterocycles. The Hall–Kier alpha value is -0.500. The second-order valence-corrected chi connectivity index (χ2v) is 7.49. The van der Waals surface area contributed by atoms with Gasteiger partial charge in [-0.05, 0) is 55.7 Å². The normalized spacial score (nSPS) is 24.2. The molecule has 1 aliphatic carbocycles. The quantitative estimate of drug-likeness (QED) is 0.723. The average Bonchev–Trinajstić information content (AvgIpc) is 3.08. The summed E-state index contributed by atoms with van der Waals surface area (Å²) in [5.74, 6) is 2.73. The highest BCUT2D eigenvalue weighted by atomic mass is 79.9. The van der Waals surface area contributed by atoms with Gasteiger partial charge in [0.25, 0.3) is 0 Å². The summed E-state index contributed by atoms with van der Waals surface area (Å²) < 4.78 is 5.93. The van der Waals surface area contributed by atoms with Gasteiger partial charge in [-0.15, -0.1) is 0 Å². The third-order valence-electron chi connectivity index (χ3n) is 4.23. The number of fused-ring (bicyclic) bond motifs is 1. The van der Waals surface area contributed by atoms with Gasteiger partial charge in [0.1, 0.15) is 11.4 Å². The molecule has 0 bridgehead atoms. The Balaban J connectivity index is 1.83. The smallest absolute Gasteiger partial charge is 0.123 e. The maximum atomic E-state index is 5.93. The van der Waals surface area contributed by atoms with Crippen molar-refractivity contribution in [3.8, 4) is 5.75 Å². The highest BCUT2D eigenvalue weighted by molar-refractivity contribution is 9.09. The van der Waals surface area contributed by atoms with Gasteiger partial charge < -0.3 is 4.74 Å². The summed E-state index contributed by atoms with van der Waals surface area (Å²) in [5, 5.41) is 0. The summed E-state index contributed by atoms with van der Waals surface area (Å²) >= 11 is 3.89. The first-order chi connectivity index (χ1) is 8.46. The van der Waals surface area contributed by atoms with Gasteiger partial charge in [0, 0.05) is 11.2 Å². The van der Waals surface area contributed by atoms with Crippen LogP contribution in [0.2, 0.25) is 0 Å². The van der Waals surface area contributed by atoms with Crippen LogP contribution in [0.1, 0.15) is 49.6 Å². The molecular weight excluding hydrogens is 288 g/mol. The number of alkyl halides is 1. The van der Waals surface area contributed by atoms with Crippen molar-refractivity contribution in [2.24, 2.45) is 11.8 Å². The van der Waals surface area contributed by atoms with Crippen molar-refractivity contribution in [1.82, 2.24) is 0 Å². The first kappa shape index (κ1) is 12.5. The summed E-state index contributed by atoms with van der Waals surface area (Å²) in [7, 11) is 0. The van der Waals surface area contributed by atoms with Crippen LogP contribution in [0.15, 0.2) is 18.2 Å². The number of ether oxygens (including phenoxy) is 1. The van der Waals surface area contributed by atoms with Crippen LogP contribution in [0, 0.1) is 11.8 Å². The van der Waals surface area contributed by atoms with Crippen molar-refractivity contribution >= 4 is 15.9 Å². The molecule has 1 heterocycles. The van der Waals surface area contributed by atoms with Gasteiger partial charge in [0.15, 0.2) is 0 Å². The fourth-order valence-corrected chi connectivity index (χ4v) is 3.68. The average molecular weight is 309 g/mol. The monoisotopic (exact) mass is 308 g/mol. The van der Waals surface area contributed by atoms with E-state index in [2.05, 4.69) is 54.9 Å². The van der Waals surface area contributed by atoms with Crippen molar-refractivity contribution in [1.29, 1.82) is 0 Å². The Morgan fingerprint density at radius 3 is 2.72 bits per heavy atom. The van der Waals surface area contributed by atoms with E-state index < -0.39 is 0 Å². The van der Waals surface area contributed by atoms with Crippen LogP contribution >= 0.6 is 15.9 Å². The van der Waals surface area contributed by atoms with E-state index in [4.69, 9.17) is 4.74 Å². The molecule has 2 unspecified atom stereocenters. The minimum atomic E-state index is -0.0368. The predicted molar refractivity (Wildman–Crippen MR) is 78.4 cm³/mol. The lowest BCUT2D eigenvalue weighted by atomic mass is 9.94. The van der Waals surface area contributed by atoms with E-state index in [1.807, 2.05) is 0 Å². The maximum absolute atomic E-state index is 5.93. The van der Waals surface area contributed by atoms with Gasteiger partial charge in [-0.3, -0.25) is 0 Å². The topological polar surface area (TPSA) is 9.23 Å². The molecule has 1 aromatic carbocycles. The molecule has 0 spiro atoms. The van der Waals surface area contributed by atoms with Crippen LogP contribution in [0.4, 0.5) is 0 Å². The summed E-state index contributed by atoms with van der Waals surface area (Å²) in [6.07, 6.45) is 3.84. The third-order valence-corrected chi connectivity index (χ3v) is 5.60. The summed E-state index contributed by atoms with van der Waals surface area (Å²) in [6.45, 7) is 6.68. The number of hydrogen-bond acceptors (Lipinski definition) is 1. The lowest BCUT2D eigenvalue weighted by Gasteiger charge is -2.18. The molecule has 2 aliphatic rings. The molecule has 1 aliphatic heterocycles. The highest BCUT2D eigenvalue weighted by Gasteiger charge is 2.34. The summed E-state index contributed by atoms with van der Waals surface area (Å²) in [6, 6.07) is 6.70. The number of halogens is 1. The molecule has 1 nitrogen and oxygen atoms in total. The van der Waals surface area contributed by atoms with Crippen LogP contribution in [0.25, 0.3) is 0 Å².